The molecule has 0 spiro atoms. The highest BCUT2D eigenvalue weighted by molar-refractivity contribution is 4.99. The van der Waals surface area contributed by atoms with E-state index in [2.05, 4.69) is 62.3 Å². The van der Waals surface area contributed by atoms with Crippen molar-refractivity contribution in [2.75, 3.05) is 13.2 Å². The van der Waals surface area contributed by atoms with Crippen LogP contribution in [0.1, 0.15) is 140 Å². The van der Waals surface area contributed by atoms with Crippen LogP contribution in [0.4, 0.5) is 0 Å². The van der Waals surface area contributed by atoms with Crippen LogP contribution >= 0.6 is 0 Å². The van der Waals surface area contributed by atoms with Crippen molar-refractivity contribution in [3.8, 4) is 0 Å². The average Bonchev–Trinajstić information content (AvgIpc) is 2.81. The van der Waals surface area contributed by atoms with Crippen LogP contribution in [0.25, 0.3) is 0 Å². The van der Waals surface area contributed by atoms with Gasteiger partial charge in [-0.1, -0.05) is 87.5 Å². The fourth-order valence-electron chi connectivity index (χ4n) is 3.84. The van der Waals surface area contributed by atoms with Crippen molar-refractivity contribution in [1.82, 2.24) is 0 Å². The van der Waals surface area contributed by atoms with Gasteiger partial charge >= 0.3 is 5.97 Å². The van der Waals surface area contributed by atoms with Crippen LogP contribution in [-0.2, 0) is 24.0 Å². The topological polar surface area (TPSA) is 46.2 Å². The van der Waals surface area contributed by atoms with Gasteiger partial charge in [-0.15, -0.1) is 0 Å². The summed E-state index contributed by atoms with van der Waals surface area (Å²) in [6.45, 7) is 22.7. The van der Waals surface area contributed by atoms with Crippen molar-refractivity contribution in [3.05, 3.63) is 0 Å². The molecule has 0 saturated heterocycles. The van der Waals surface area contributed by atoms with Gasteiger partial charge in [-0.3, -0.25) is 0 Å². The van der Waals surface area contributed by atoms with Gasteiger partial charge in [0.05, 0.1) is 18.8 Å². The zero-order chi connectivity index (χ0) is 25.4. The predicted octanol–water partition coefficient (Wildman–Crippen LogP) is 8.59. The van der Waals surface area contributed by atoms with Crippen LogP contribution < -0.4 is 0 Å². The molecule has 0 amide bonds. The molecule has 0 N–H and O–H groups in total. The predicted molar refractivity (Wildman–Crippen MR) is 138 cm³/mol. The second kappa shape index (κ2) is 17.3. The molecule has 0 aliphatic rings. The fraction of sp³-hybridized carbons (Fsp3) is 1.00. The lowest BCUT2D eigenvalue weighted by molar-refractivity contribution is -0.566. The van der Waals surface area contributed by atoms with E-state index in [0.29, 0.717) is 13.2 Å². The third-order valence-corrected chi connectivity index (χ3v) is 7.16. The van der Waals surface area contributed by atoms with Gasteiger partial charge in [0, 0.05) is 12.0 Å². The second-order valence-corrected chi connectivity index (χ2v) is 10.3. The van der Waals surface area contributed by atoms with Gasteiger partial charge < -0.3 is 14.2 Å². The van der Waals surface area contributed by atoms with E-state index in [1.165, 1.54) is 12.8 Å². The minimum Gasteiger partial charge on any atom is -0.366 e. The first-order valence-electron chi connectivity index (χ1n) is 13.9. The zero-order valence-corrected chi connectivity index (χ0v) is 23.9. The van der Waals surface area contributed by atoms with Gasteiger partial charge in [-0.2, -0.15) is 4.89 Å². The highest BCUT2D eigenvalue weighted by Crippen LogP contribution is 2.49. The summed E-state index contributed by atoms with van der Waals surface area (Å²) in [4.78, 5) is 12.3. The maximum atomic E-state index is 6.75. The van der Waals surface area contributed by atoms with Gasteiger partial charge in [0.15, 0.2) is 5.60 Å². The molecular weight excluding hydrogens is 416 g/mol. The molecule has 200 valence electrons. The van der Waals surface area contributed by atoms with Crippen LogP contribution in [0.5, 0.6) is 0 Å². The van der Waals surface area contributed by atoms with Crippen molar-refractivity contribution < 1.29 is 24.0 Å². The van der Waals surface area contributed by atoms with E-state index in [-0.39, 0.29) is 17.6 Å². The molecule has 0 aliphatic heterocycles. The number of ether oxygens (including phenoxy) is 3. The van der Waals surface area contributed by atoms with Crippen LogP contribution in [0.2, 0.25) is 0 Å². The summed E-state index contributed by atoms with van der Waals surface area (Å²) >= 11 is 0. The zero-order valence-electron chi connectivity index (χ0n) is 23.9. The lowest BCUT2D eigenvalue weighted by Gasteiger charge is -2.53. The number of hydrogen-bond acceptors (Lipinski definition) is 5. The van der Waals surface area contributed by atoms with E-state index in [1.54, 1.807) is 0 Å². The fourth-order valence-corrected chi connectivity index (χ4v) is 3.84. The molecule has 0 bridgehead atoms. The van der Waals surface area contributed by atoms with Gasteiger partial charge in [0.25, 0.3) is 0 Å². The Morgan fingerprint density at radius 2 is 1.33 bits per heavy atom. The number of unbranched alkanes of at least 4 members (excludes halogenated alkanes) is 4. The SMILES string of the molecule is CCCCCCOC(OOC(C)CCCC)(OC(CC)CC)C(C)(OCCC)C(C)(C)CC. The molecule has 33 heavy (non-hydrogen) atoms. The molecule has 0 saturated carbocycles. The van der Waals surface area contributed by atoms with Gasteiger partial charge in [0.1, 0.15) is 0 Å². The molecule has 0 fully saturated rings. The molecule has 0 aliphatic carbocycles. The average molecular weight is 475 g/mol. The van der Waals surface area contributed by atoms with E-state index in [9.17, 15) is 0 Å². The first kappa shape index (κ1) is 32.8. The standard InChI is InChI=1S/C28H58O5/c1-11-17-19-20-23-30-28(31-25(14-4)15-5,33-32-24(7)21-18-12-2)27(10,29-22-13-3)26(8,9)16-6/h24-25H,11-23H2,1-10H3. The molecule has 5 nitrogen and oxygen atoms in total. The smallest absolute Gasteiger partial charge is 0.342 e. The van der Waals surface area contributed by atoms with E-state index in [1.807, 2.05) is 6.92 Å². The molecular formula is C28H58O5. The number of hydrogen-bond donors (Lipinski definition) is 0. The summed E-state index contributed by atoms with van der Waals surface area (Å²) in [6.07, 6.45) is 11.0. The first-order valence-corrected chi connectivity index (χ1v) is 13.9. The monoisotopic (exact) mass is 474 g/mol. The van der Waals surface area contributed by atoms with Crippen molar-refractivity contribution in [3.63, 3.8) is 0 Å². The lowest BCUT2D eigenvalue weighted by atomic mass is 9.72. The third-order valence-electron chi connectivity index (χ3n) is 7.16. The van der Waals surface area contributed by atoms with E-state index in [4.69, 9.17) is 24.0 Å². The normalized spacial score (nSPS) is 17.2. The molecule has 0 aromatic rings. The minimum absolute atomic E-state index is 0.0209. The summed E-state index contributed by atoms with van der Waals surface area (Å²) in [5.74, 6) is -1.45. The Kier molecular flexibility index (Phi) is 17.2. The molecule has 3 atom stereocenters. The summed E-state index contributed by atoms with van der Waals surface area (Å²) in [5, 5.41) is 0. The van der Waals surface area contributed by atoms with Crippen molar-refractivity contribution in [2.24, 2.45) is 5.41 Å². The molecule has 0 aromatic heterocycles. The molecule has 0 heterocycles. The van der Waals surface area contributed by atoms with Crippen molar-refractivity contribution in [2.45, 2.75) is 164 Å². The van der Waals surface area contributed by atoms with E-state index < -0.39 is 11.6 Å². The molecule has 3 unspecified atom stereocenters. The maximum absolute atomic E-state index is 6.75. The first-order chi connectivity index (χ1) is 15.6. The summed E-state index contributed by atoms with van der Waals surface area (Å²) in [5.41, 5.74) is -1.16. The Morgan fingerprint density at radius 3 is 1.85 bits per heavy atom. The molecule has 5 heteroatoms. The van der Waals surface area contributed by atoms with E-state index >= 15 is 0 Å². The minimum atomic E-state index is -1.45. The Bertz CT molecular complexity index is 465. The highest BCUT2D eigenvalue weighted by atomic mass is 17.3. The highest BCUT2D eigenvalue weighted by Gasteiger charge is 2.63. The summed E-state index contributed by atoms with van der Waals surface area (Å²) < 4.78 is 20.0. The molecule has 0 aromatic carbocycles. The Morgan fingerprint density at radius 1 is 0.697 bits per heavy atom. The third kappa shape index (κ3) is 10.1. The Balaban J connectivity index is 6.28. The van der Waals surface area contributed by atoms with Gasteiger partial charge in [-0.25, -0.2) is 4.89 Å². The van der Waals surface area contributed by atoms with E-state index in [0.717, 1.165) is 57.8 Å². The maximum Gasteiger partial charge on any atom is 0.342 e. The van der Waals surface area contributed by atoms with Gasteiger partial charge in [0.2, 0.25) is 0 Å². The molecule has 0 radical (unpaired) electrons. The van der Waals surface area contributed by atoms with Crippen LogP contribution in [-0.4, -0.2) is 37.0 Å². The van der Waals surface area contributed by atoms with Crippen LogP contribution in [0.3, 0.4) is 0 Å². The summed E-state index contributed by atoms with van der Waals surface area (Å²) in [7, 11) is 0. The second-order valence-electron chi connectivity index (χ2n) is 10.3. The van der Waals surface area contributed by atoms with Crippen LogP contribution in [0.15, 0.2) is 0 Å². The number of rotatable bonds is 22. The van der Waals surface area contributed by atoms with Gasteiger partial charge in [-0.05, 0) is 52.4 Å². The summed E-state index contributed by atoms with van der Waals surface area (Å²) in [6, 6.07) is 0. The van der Waals surface area contributed by atoms with Crippen LogP contribution in [0, 0.1) is 5.41 Å². The largest absolute Gasteiger partial charge is 0.366 e. The Hall–Kier alpha value is -0.200. The van der Waals surface area contributed by atoms with Crippen molar-refractivity contribution >= 4 is 0 Å². The lowest BCUT2D eigenvalue weighted by Crippen LogP contribution is -2.67. The Labute approximate surface area is 206 Å². The van der Waals surface area contributed by atoms with Crippen molar-refractivity contribution in [1.29, 1.82) is 0 Å². The molecule has 0 rings (SSSR count). The quantitative estimate of drug-likeness (QED) is 0.0680.